The van der Waals surface area contributed by atoms with Gasteiger partial charge in [-0.25, -0.2) is 0 Å². The topological polar surface area (TPSA) is 9.34 Å². The van der Waals surface area contributed by atoms with E-state index in [1.165, 1.54) is 85.6 Å². The van der Waals surface area contributed by atoms with Crippen molar-refractivity contribution >= 4 is 91.3 Å². The summed E-state index contributed by atoms with van der Waals surface area (Å²) in [7, 11) is 0. The molecular formula is C38H22N2S. The number of fused-ring (bicyclic) bond motifs is 15. The van der Waals surface area contributed by atoms with Crippen molar-refractivity contribution in [2.24, 2.45) is 0 Å². The van der Waals surface area contributed by atoms with Crippen molar-refractivity contribution < 1.29 is 0 Å². The zero-order valence-corrected chi connectivity index (χ0v) is 22.8. The summed E-state index contributed by atoms with van der Waals surface area (Å²) >= 11 is 1.89. The molecule has 10 rings (SSSR count). The third-order valence-electron chi connectivity index (χ3n) is 8.86. The van der Waals surface area contributed by atoms with E-state index >= 15 is 0 Å². The van der Waals surface area contributed by atoms with Gasteiger partial charge in [-0.05, 0) is 42.5 Å². The van der Waals surface area contributed by atoms with Crippen LogP contribution in [-0.2, 0) is 0 Å². The number of para-hydroxylation sites is 2. The Morgan fingerprint density at radius 3 is 2.10 bits per heavy atom. The van der Waals surface area contributed by atoms with Gasteiger partial charge in [-0.3, -0.25) is 0 Å². The second-order valence-corrected chi connectivity index (χ2v) is 12.1. The molecule has 2 nitrogen and oxygen atoms in total. The van der Waals surface area contributed by atoms with Crippen LogP contribution in [0, 0.1) is 0 Å². The molecule has 0 unspecified atom stereocenters. The minimum Gasteiger partial charge on any atom is -0.315 e. The van der Waals surface area contributed by atoms with Gasteiger partial charge < -0.3 is 8.97 Å². The molecule has 4 heterocycles. The molecule has 190 valence electrons. The van der Waals surface area contributed by atoms with E-state index in [1.807, 2.05) is 11.3 Å². The Hall–Kier alpha value is -5.12. The first-order valence-electron chi connectivity index (χ1n) is 14.0. The maximum atomic E-state index is 2.46. The lowest BCUT2D eigenvalue weighted by atomic mass is 9.97. The summed E-state index contributed by atoms with van der Waals surface area (Å²) in [5.74, 6) is 0. The summed E-state index contributed by atoms with van der Waals surface area (Å²) in [6.45, 7) is 0. The second kappa shape index (κ2) is 7.75. The van der Waals surface area contributed by atoms with Gasteiger partial charge in [0.15, 0.2) is 0 Å². The highest BCUT2D eigenvalue weighted by Gasteiger charge is 2.20. The van der Waals surface area contributed by atoms with Crippen LogP contribution in [0.4, 0.5) is 0 Å². The van der Waals surface area contributed by atoms with Gasteiger partial charge in [-0.2, -0.15) is 0 Å². The SMILES string of the molecule is c1ccc(-n2c3ccccc3c3c4c5cc6c(cc5n5cc7ccccc7c5c4ccc32)sc2ccccc26)cc1. The molecule has 0 atom stereocenters. The number of thiophene rings is 1. The van der Waals surface area contributed by atoms with Gasteiger partial charge in [0.05, 0.1) is 22.1 Å². The van der Waals surface area contributed by atoms with Crippen molar-refractivity contribution in [3.63, 3.8) is 0 Å². The van der Waals surface area contributed by atoms with E-state index < -0.39 is 0 Å². The molecule has 0 fully saturated rings. The van der Waals surface area contributed by atoms with Crippen LogP contribution in [0.25, 0.3) is 85.6 Å². The molecule has 0 amide bonds. The maximum absolute atomic E-state index is 2.46. The zero-order chi connectivity index (χ0) is 26.7. The van der Waals surface area contributed by atoms with Gasteiger partial charge in [-0.1, -0.05) is 84.9 Å². The molecule has 0 aliphatic heterocycles. The van der Waals surface area contributed by atoms with Gasteiger partial charge in [-0.15, -0.1) is 11.3 Å². The number of pyridine rings is 1. The zero-order valence-electron chi connectivity index (χ0n) is 22.0. The molecule has 41 heavy (non-hydrogen) atoms. The summed E-state index contributed by atoms with van der Waals surface area (Å²) in [6.07, 6.45) is 2.32. The van der Waals surface area contributed by atoms with Gasteiger partial charge >= 0.3 is 0 Å². The number of hydrogen-bond acceptors (Lipinski definition) is 1. The minimum absolute atomic E-state index is 1.18. The van der Waals surface area contributed by atoms with E-state index in [0.29, 0.717) is 0 Å². The molecular weight excluding hydrogens is 516 g/mol. The average molecular weight is 539 g/mol. The lowest BCUT2D eigenvalue weighted by molar-refractivity contribution is 1.18. The van der Waals surface area contributed by atoms with Gasteiger partial charge in [0.1, 0.15) is 0 Å². The Kier molecular flexibility index (Phi) is 4.10. The number of benzene rings is 6. The Morgan fingerprint density at radius 1 is 0.439 bits per heavy atom. The van der Waals surface area contributed by atoms with Crippen molar-refractivity contribution in [1.82, 2.24) is 8.97 Å². The summed E-state index contributed by atoms with van der Waals surface area (Å²) in [5, 5.41) is 11.8. The van der Waals surface area contributed by atoms with Crippen LogP contribution in [0.3, 0.4) is 0 Å². The summed E-state index contributed by atoms with van der Waals surface area (Å²) in [5.41, 5.74) is 6.19. The minimum atomic E-state index is 1.18. The molecule has 3 heteroatoms. The predicted molar refractivity (Wildman–Crippen MR) is 177 cm³/mol. The Balaban J connectivity index is 1.54. The van der Waals surface area contributed by atoms with Crippen LogP contribution in [0.15, 0.2) is 134 Å². The smallest absolute Gasteiger partial charge is 0.0613 e. The molecule has 0 saturated carbocycles. The predicted octanol–water partition coefficient (Wildman–Crippen LogP) is 10.9. The van der Waals surface area contributed by atoms with Crippen LogP contribution < -0.4 is 0 Å². The lowest BCUT2D eigenvalue weighted by Crippen LogP contribution is -1.94. The largest absolute Gasteiger partial charge is 0.315 e. The molecule has 6 aromatic carbocycles. The Labute approximate surface area is 238 Å². The van der Waals surface area contributed by atoms with E-state index in [9.17, 15) is 0 Å². The average Bonchev–Trinajstić information content (AvgIpc) is 3.70. The van der Waals surface area contributed by atoms with Crippen molar-refractivity contribution in [3.05, 3.63) is 134 Å². The van der Waals surface area contributed by atoms with Crippen molar-refractivity contribution in [2.75, 3.05) is 0 Å². The molecule has 0 aliphatic rings. The van der Waals surface area contributed by atoms with Gasteiger partial charge in [0.25, 0.3) is 0 Å². The third-order valence-corrected chi connectivity index (χ3v) is 9.99. The summed E-state index contributed by atoms with van der Waals surface area (Å²) in [6, 6.07) is 46.8. The Bertz CT molecular complexity index is 2690. The third kappa shape index (κ3) is 2.76. The highest BCUT2D eigenvalue weighted by atomic mass is 32.1. The van der Waals surface area contributed by atoms with Crippen LogP contribution in [0.1, 0.15) is 0 Å². The van der Waals surface area contributed by atoms with Gasteiger partial charge in [0.2, 0.25) is 0 Å². The first-order valence-corrected chi connectivity index (χ1v) is 14.8. The standard InChI is InChI=1S/C38H22N2S/c1-2-11-24(12-3-1)40-31-16-8-6-15-27(31)37-32(40)19-18-28-36(37)30-20-29-26-14-7-9-17-34(26)41-35(29)21-33(30)39-22-23-10-4-5-13-25(23)38(28)39/h1-22H. The molecule has 4 aromatic heterocycles. The fourth-order valence-electron chi connectivity index (χ4n) is 7.18. The van der Waals surface area contributed by atoms with Crippen molar-refractivity contribution in [2.45, 2.75) is 0 Å². The van der Waals surface area contributed by atoms with E-state index in [-0.39, 0.29) is 0 Å². The summed E-state index contributed by atoms with van der Waals surface area (Å²) in [4.78, 5) is 0. The monoisotopic (exact) mass is 538 g/mol. The van der Waals surface area contributed by atoms with E-state index in [0.717, 1.165) is 0 Å². The first-order chi connectivity index (χ1) is 20.3. The van der Waals surface area contributed by atoms with E-state index in [4.69, 9.17) is 0 Å². The molecule has 10 aromatic rings. The molecule has 0 spiro atoms. The molecule has 0 aliphatic carbocycles. The fraction of sp³-hybridized carbons (Fsp3) is 0. The highest BCUT2D eigenvalue weighted by Crippen LogP contribution is 2.45. The molecule has 0 saturated heterocycles. The number of aromatic nitrogens is 2. The molecule has 0 N–H and O–H groups in total. The molecule has 0 radical (unpaired) electrons. The van der Waals surface area contributed by atoms with Crippen molar-refractivity contribution in [1.29, 1.82) is 0 Å². The number of rotatable bonds is 1. The lowest BCUT2D eigenvalue weighted by Gasteiger charge is -2.13. The fourth-order valence-corrected chi connectivity index (χ4v) is 8.30. The van der Waals surface area contributed by atoms with Crippen molar-refractivity contribution in [3.8, 4) is 5.69 Å². The van der Waals surface area contributed by atoms with E-state index in [2.05, 4.69) is 143 Å². The maximum Gasteiger partial charge on any atom is 0.0613 e. The first kappa shape index (κ1) is 21.7. The summed E-state index contributed by atoms with van der Waals surface area (Å²) < 4.78 is 7.53. The van der Waals surface area contributed by atoms with Crippen LogP contribution in [-0.4, -0.2) is 8.97 Å². The number of hydrogen-bond donors (Lipinski definition) is 0. The highest BCUT2D eigenvalue weighted by molar-refractivity contribution is 7.25. The second-order valence-electron chi connectivity index (χ2n) is 11.0. The molecule has 0 bridgehead atoms. The Morgan fingerprint density at radius 2 is 1.20 bits per heavy atom. The quantitative estimate of drug-likeness (QED) is 0.184. The normalized spacial score (nSPS) is 12.4. The van der Waals surface area contributed by atoms with Gasteiger partial charge in [0, 0.05) is 69.8 Å². The number of nitrogens with zero attached hydrogens (tertiary/aromatic N) is 2. The van der Waals surface area contributed by atoms with Crippen LogP contribution in [0.5, 0.6) is 0 Å². The van der Waals surface area contributed by atoms with E-state index in [1.54, 1.807) is 0 Å². The van der Waals surface area contributed by atoms with Crippen LogP contribution in [0.2, 0.25) is 0 Å². The van der Waals surface area contributed by atoms with Crippen LogP contribution >= 0.6 is 11.3 Å².